The number of likely N-dealkylation sites (tertiary alicyclic amines) is 1. The van der Waals surface area contributed by atoms with Crippen molar-refractivity contribution in [2.24, 2.45) is 5.41 Å². The number of benzene rings is 2. The highest BCUT2D eigenvalue weighted by atomic mass is 16.2. The highest BCUT2D eigenvalue weighted by molar-refractivity contribution is 5.86. The molecule has 5 heteroatoms. The summed E-state index contributed by atoms with van der Waals surface area (Å²) in [4.78, 5) is 34.2. The number of pyridine rings is 1. The van der Waals surface area contributed by atoms with Crippen molar-refractivity contribution in [1.29, 1.82) is 0 Å². The zero-order valence-electron chi connectivity index (χ0n) is 18.7. The molecule has 0 unspecified atom stereocenters. The van der Waals surface area contributed by atoms with Crippen molar-refractivity contribution in [2.75, 3.05) is 27.2 Å². The van der Waals surface area contributed by atoms with Crippen LogP contribution >= 0.6 is 0 Å². The van der Waals surface area contributed by atoms with Crippen LogP contribution in [0.15, 0.2) is 79.1 Å². The summed E-state index contributed by atoms with van der Waals surface area (Å²) >= 11 is 0. The summed E-state index contributed by atoms with van der Waals surface area (Å²) in [5, 5.41) is 0. The first-order chi connectivity index (χ1) is 15.5. The van der Waals surface area contributed by atoms with E-state index in [1.54, 1.807) is 25.2 Å². The largest absolute Gasteiger partial charge is 0.348 e. The van der Waals surface area contributed by atoms with Gasteiger partial charge in [-0.25, -0.2) is 0 Å². The Hall–Kier alpha value is -3.47. The summed E-state index contributed by atoms with van der Waals surface area (Å²) in [5.74, 6) is 0.152. The van der Waals surface area contributed by atoms with Gasteiger partial charge in [-0.2, -0.15) is 0 Å². The Morgan fingerprint density at radius 1 is 1.00 bits per heavy atom. The van der Waals surface area contributed by atoms with Crippen molar-refractivity contribution < 1.29 is 9.59 Å². The Morgan fingerprint density at radius 3 is 2.47 bits per heavy atom. The monoisotopic (exact) mass is 427 g/mol. The standard InChI is InChI=1S/C27H29N3O2/c1-29(2)26(32)27(14-16-30(20-27)25(31)17-21-9-4-3-5-10-21)18-22-11-6-7-13-24(22)23-12-8-15-28-19-23/h3-13,15,19H,14,16-18,20H2,1-2H3/t27-/m0/s1. The predicted octanol–water partition coefficient (Wildman–Crippen LogP) is 3.84. The van der Waals surface area contributed by atoms with Gasteiger partial charge in [-0.05, 0) is 35.6 Å². The normalized spacial score (nSPS) is 17.9. The fourth-order valence-electron chi connectivity index (χ4n) is 4.68. The minimum absolute atomic E-state index is 0.0742. The molecule has 4 rings (SSSR count). The van der Waals surface area contributed by atoms with Crippen LogP contribution in [0.2, 0.25) is 0 Å². The molecule has 2 aromatic carbocycles. The second kappa shape index (κ2) is 9.35. The summed E-state index contributed by atoms with van der Waals surface area (Å²) in [5.41, 5.74) is 3.59. The Bertz CT molecular complexity index is 1080. The van der Waals surface area contributed by atoms with Crippen LogP contribution in [0.4, 0.5) is 0 Å². The van der Waals surface area contributed by atoms with Gasteiger partial charge in [-0.3, -0.25) is 14.6 Å². The first kappa shape index (κ1) is 21.8. The third-order valence-corrected chi connectivity index (χ3v) is 6.28. The summed E-state index contributed by atoms with van der Waals surface area (Å²) in [6.07, 6.45) is 5.22. The van der Waals surface area contributed by atoms with E-state index >= 15 is 0 Å². The minimum atomic E-state index is -0.631. The molecule has 0 bridgehead atoms. The molecular weight excluding hydrogens is 398 g/mol. The SMILES string of the molecule is CN(C)C(=O)[C@]1(Cc2ccccc2-c2cccnc2)CCN(C(=O)Cc2ccccc2)C1. The van der Waals surface area contributed by atoms with Crippen LogP contribution in [-0.2, 0) is 22.4 Å². The van der Waals surface area contributed by atoms with Gasteiger partial charge in [0.2, 0.25) is 11.8 Å². The van der Waals surface area contributed by atoms with E-state index in [4.69, 9.17) is 0 Å². The Kier molecular flexibility index (Phi) is 6.35. The number of hydrogen-bond acceptors (Lipinski definition) is 3. The first-order valence-electron chi connectivity index (χ1n) is 11.0. The fraction of sp³-hybridized carbons (Fsp3) is 0.296. The van der Waals surface area contributed by atoms with Crippen LogP contribution in [0.3, 0.4) is 0 Å². The average molecular weight is 428 g/mol. The molecule has 1 aromatic heterocycles. The van der Waals surface area contributed by atoms with Gasteiger partial charge in [-0.1, -0.05) is 60.7 Å². The molecule has 1 atom stereocenters. The molecule has 1 aliphatic rings. The Morgan fingerprint density at radius 2 is 1.75 bits per heavy atom. The summed E-state index contributed by atoms with van der Waals surface area (Å²) in [7, 11) is 3.59. The van der Waals surface area contributed by atoms with Crippen molar-refractivity contribution in [3.63, 3.8) is 0 Å². The maximum absolute atomic E-state index is 13.4. The molecule has 2 heterocycles. The first-order valence-corrected chi connectivity index (χ1v) is 11.0. The van der Waals surface area contributed by atoms with Crippen LogP contribution in [0, 0.1) is 5.41 Å². The van der Waals surface area contributed by atoms with Gasteiger partial charge in [0, 0.05) is 45.1 Å². The quantitative estimate of drug-likeness (QED) is 0.601. The van der Waals surface area contributed by atoms with Gasteiger partial charge in [-0.15, -0.1) is 0 Å². The number of rotatable bonds is 6. The minimum Gasteiger partial charge on any atom is -0.348 e. The number of carbonyl (C=O) groups is 2. The van der Waals surface area contributed by atoms with E-state index in [-0.39, 0.29) is 11.8 Å². The molecule has 1 fully saturated rings. The van der Waals surface area contributed by atoms with Crippen LogP contribution in [0.5, 0.6) is 0 Å². The lowest BCUT2D eigenvalue weighted by atomic mass is 9.78. The Balaban J connectivity index is 1.61. The third-order valence-electron chi connectivity index (χ3n) is 6.28. The average Bonchev–Trinajstić information content (AvgIpc) is 3.25. The molecule has 3 aromatic rings. The molecule has 164 valence electrons. The lowest BCUT2D eigenvalue weighted by Crippen LogP contribution is -2.45. The second-order valence-corrected chi connectivity index (χ2v) is 8.78. The van der Waals surface area contributed by atoms with E-state index in [0.29, 0.717) is 32.4 Å². The smallest absolute Gasteiger partial charge is 0.230 e. The van der Waals surface area contributed by atoms with Gasteiger partial charge in [0.25, 0.3) is 0 Å². The van der Waals surface area contributed by atoms with Crippen molar-refractivity contribution >= 4 is 11.8 Å². The van der Waals surface area contributed by atoms with Crippen molar-refractivity contribution in [3.8, 4) is 11.1 Å². The summed E-state index contributed by atoms with van der Waals surface area (Å²) < 4.78 is 0. The molecule has 0 spiro atoms. The molecule has 1 aliphatic heterocycles. The van der Waals surface area contributed by atoms with Crippen LogP contribution in [0.25, 0.3) is 11.1 Å². The molecule has 1 saturated heterocycles. The molecule has 0 saturated carbocycles. The van der Waals surface area contributed by atoms with Crippen LogP contribution in [-0.4, -0.2) is 53.8 Å². The molecule has 0 radical (unpaired) electrons. The van der Waals surface area contributed by atoms with E-state index in [1.807, 2.05) is 65.7 Å². The fourth-order valence-corrected chi connectivity index (χ4v) is 4.68. The van der Waals surface area contributed by atoms with Gasteiger partial charge >= 0.3 is 0 Å². The van der Waals surface area contributed by atoms with Crippen molar-refractivity contribution in [1.82, 2.24) is 14.8 Å². The molecule has 5 nitrogen and oxygen atoms in total. The molecule has 0 aliphatic carbocycles. The molecule has 2 amide bonds. The summed E-state index contributed by atoms with van der Waals surface area (Å²) in [6.45, 7) is 1.04. The van der Waals surface area contributed by atoms with Crippen LogP contribution < -0.4 is 0 Å². The second-order valence-electron chi connectivity index (χ2n) is 8.78. The highest BCUT2D eigenvalue weighted by Gasteiger charge is 2.46. The van der Waals surface area contributed by atoms with E-state index in [9.17, 15) is 9.59 Å². The van der Waals surface area contributed by atoms with Gasteiger partial charge in [0.05, 0.1) is 11.8 Å². The highest BCUT2D eigenvalue weighted by Crippen LogP contribution is 2.38. The van der Waals surface area contributed by atoms with E-state index < -0.39 is 5.41 Å². The van der Waals surface area contributed by atoms with E-state index in [0.717, 1.165) is 22.3 Å². The lowest BCUT2D eigenvalue weighted by molar-refractivity contribution is -0.139. The number of amides is 2. The third kappa shape index (κ3) is 4.57. The van der Waals surface area contributed by atoms with Crippen molar-refractivity contribution in [3.05, 3.63) is 90.3 Å². The van der Waals surface area contributed by atoms with Gasteiger partial charge in [0.1, 0.15) is 0 Å². The van der Waals surface area contributed by atoms with Crippen molar-refractivity contribution in [2.45, 2.75) is 19.3 Å². The Labute approximate surface area is 189 Å². The molecule has 0 N–H and O–H groups in total. The topological polar surface area (TPSA) is 53.5 Å². The van der Waals surface area contributed by atoms with Gasteiger partial charge in [0.15, 0.2) is 0 Å². The number of aromatic nitrogens is 1. The van der Waals surface area contributed by atoms with E-state index in [1.165, 1.54) is 0 Å². The number of carbonyl (C=O) groups excluding carboxylic acids is 2. The zero-order chi connectivity index (χ0) is 22.6. The maximum Gasteiger partial charge on any atom is 0.230 e. The zero-order valence-corrected chi connectivity index (χ0v) is 18.7. The molecule has 32 heavy (non-hydrogen) atoms. The lowest BCUT2D eigenvalue weighted by Gasteiger charge is -2.32. The summed E-state index contributed by atoms with van der Waals surface area (Å²) in [6, 6.07) is 21.9. The van der Waals surface area contributed by atoms with E-state index in [2.05, 4.69) is 17.1 Å². The predicted molar refractivity (Wildman–Crippen MR) is 126 cm³/mol. The molecular formula is C27H29N3O2. The maximum atomic E-state index is 13.4. The van der Waals surface area contributed by atoms with Gasteiger partial charge < -0.3 is 9.80 Å². The number of nitrogens with zero attached hydrogens (tertiary/aromatic N) is 3. The van der Waals surface area contributed by atoms with Crippen LogP contribution in [0.1, 0.15) is 17.5 Å². The number of hydrogen-bond donors (Lipinski definition) is 0.